The highest BCUT2D eigenvalue weighted by Gasteiger charge is 2.25. The van der Waals surface area contributed by atoms with Crippen LogP contribution < -0.4 is 14.8 Å². The van der Waals surface area contributed by atoms with Crippen LogP contribution in [0.25, 0.3) is 6.08 Å². The first kappa shape index (κ1) is 20.8. The van der Waals surface area contributed by atoms with Crippen molar-refractivity contribution in [3.63, 3.8) is 0 Å². The SMILES string of the molecule is COc1cc(/C=C(\C#N)C(=O)NCc2ccco2)ccc1OC(=O)C(C)(C)C. The maximum absolute atomic E-state index is 12.2. The molecule has 0 fully saturated rings. The number of nitrogens with zero attached hydrogens (tertiary/aromatic N) is 1. The molecule has 0 unspecified atom stereocenters. The van der Waals surface area contributed by atoms with Gasteiger partial charge in [-0.25, -0.2) is 0 Å². The van der Waals surface area contributed by atoms with Gasteiger partial charge in [0.15, 0.2) is 11.5 Å². The number of esters is 1. The van der Waals surface area contributed by atoms with E-state index in [2.05, 4.69) is 5.32 Å². The third-order valence-corrected chi connectivity index (χ3v) is 3.68. The van der Waals surface area contributed by atoms with Crippen molar-refractivity contribution in [2.75, 3.05) is 7.11 Å². The fourth-order valence-corrected chi connectivity index (χ4v) is 2.10. The van der Waals surface area contributed by atoms with Crippen LogP contribution in [0.15, 0.2) is 46.6 Å². The minimum atomic E-state index is -0.663. The number of amides is 1. The van der Waals surface area contributed by atoms with Crippen LogP contribution in [0.4, 0.5) is 0 Å². The van der Waals surface area contributed by atoms with Gasteiger partial charge < -0.3 is 19.2 Å². The lowest BCUT2D eigenvalue weighted by Gasteiger charge is -2.17. The van der Waals surface area contributed by atoms with Crippen LogP contribution in [0.2, 0.25) is 0 Å². The quantitative estimate of drug-likeness (QED) is 0.355. The molecule has 0 aliphatic rings. The second-order valence-electron chi connectivity index (χ2n) is 6.98. The zero-order chi connectivity index (χ0) is 20.7. The van der Waals surface area contributed by atoms with Gasteiger partial charge in [0.25, 0.3) is 5.91 Å². The number of methoxy groups -OCH3 is 1. The van der Waals surface area contributed by atoms with E-state index in [0.29, 0.717) is 17.1 Å². The van der Waals surface area contributed by atoms with E-state index in [1.54, 1.807) is 51.1 Å². The zero-order valence-corrected chi connectivity index (χ0v) is 16.2. The predicted molar refractivity (Wildman–Crippen MR) is 102 cm³/mol. The lowest BCUT2D eigenvalue weighted by Crippen LogP contribution is -2.25. The van der Waals surface area contributed by atoms with Crippen LogP contribution in [0, 0.1) is 16.7 Å². The molecule has 0 aliphatic heterocycles. The second-order valence-corrected chi connectivity index (χ2v) is 6.98. The largest absolute Gasteiger partial charge is 0.493 e. The summed E-state index contributed by atoms with van der Waals surface area (Å²) in [5, 5.41) is 11.9. The number of furan rings is 1. The monoisotopic (exact) mass is 382 g/mol. The molecular weight excluding hydrogens is 360 g/mol. The molecule has 1 N–H and O–H groups in total. The number of carbonyl (C=O) groups is 2. The summed E-state index contributed by atoms with van der Waals surface area (Å²) in [6, 6.07) is 10.1. The molecule has 1 aromatic carbocycles. The summed E-state index contributed by atoms with van der Waals surface area (Å²) in [4.78, 5) is 24.3. The van der Waals surface area contributed by atoms with E-state index in [9.17, 15) is 14.9 Å². The van der Waals surface area contributed by atoms with Crippen LogP contribution in [0.5, 0.6) is 11.5 Å². The van der Waals surface area contributed by atoms with Crippen molar-refractivity contribution in [2.45, 2.75) is 27.3 Å². The van der Waals surface area contributed by atoms with Gasteiger partial charge in [0, 0.05) is 0 Å². The highest BCUT2D eigenvalue weighted by molar-refractivity contribution is 6.01. The molecule has 0 spiro atoms. The number of hydrogen-bond acceptors (Lipinski definition) is 6. The molecule has 0 saturated carbocycles. The molecular formula is C21H22N2O5. The zero-order valence-electron chi connectivity index (χ0n) is 16.2. The van der Waals surface area contributed by atoms with Crippen molar-refractivity contribution in [3.8, 4) is 17.6 Å². The average Bonchev–Trinajstić information content (AvgIpc) is 3.17. The van der Waals surface area contributed by atoms with Gasteiger partial charge in [-0.2, -0.15) is 5.26 Å². The number of nitriles is 1. The number of carbonyl (C=O) groups excluding carboxylic acids is 2. The lowest BCUT2D eigenvalue weighted by atomic mass is 9.97. The number of benzene rings is 1. The number of nitrogens with one attached hydrogen (secondary N) is 1. The minimum Gasteiger partial charge on any atom is -0.493 e. The molecule has 2 rings (SSSR count). The Bertz CT molecular complexity index is 915. The van der Waals surface area contributed by atoms with Crippen LogP contribution >= 0.6 is 0 Å². The molecule has 7 heteroatoms. The first-order chi connectivity index (χ1) is 13.2. The van der Waals surface area contributed by atoms with E-state index in [-0.39, 0.29) is 17.9 Å². The highest BCUT2D eigenvalue weighted by atomic mass is 16.6. The molecule has 0 bridgehead atoms. The Morgan fingerprint density at radius 3 is 2.57 bits per heavy atom. The van der Waals surface area contributed by atoms with E-state index in [1.165, 1.54) is 19.4 Å². The predicted octanol–water partition coefficient (Wildman–Crippen LogP) is 3.46. The molecule has 1 heterocycles. The van der Waals surface area contributed by atoms with Crippen LogP contribution in [0.1, 0.15) is 32.1 Å². The van der Waals surface area contributed by atoms with Gasteiger partial charge in [-0.05, 0) is 56.7 Å². The summed E-state index contributed by atoms with van der Waals surface area (Å²) in [6.07, 6.45) is 2.93. The number of ether oxygens (including phenoxy) is 2. The number of rotatable bonds is 6. The maximum Gasteiger partial charge on any atom is 0.316 e. The molecule has 0 radical (unpaired) electrons. The Hall–Kier alpha value is -3.53. The molecule has 7 nitrogen and oxygen atoms in total. The van der Waals surface area contributed by atoms with E-state index < -0.39 is 17.3 Å². The first-order valence-corrected chi connectivity index (χ1v) is 8.57. The highest BCUT2D eigenvalue weighted by Crippen LogP contribution is 2.31. The standard InChI is InChI=1S/C21H22N2O5/c1-21(2,3)20(25)28-17-8-7-14(11-18(17)26-4)10-15(12-22)19(24)23-13-16-6-5-9-27-16/h5-11H,13H2,1-4H3,(H,23,24)/b15-10+. The summed E-state index contributed by atoms with van der Waals surface area (Å²) in [5.41, 5.74) is -0.186. The van der Waals surface area contributed by atoms with Crippen LogP contribution in [-0.4, -0.2) is 19.0 Å². The van der Waals surface area contributed by atoms with Gasteiger partial charge in [0.1, 0.15) is 17.4 Å². The molecule has 1 aromatic heterocycles. The van der Waals surface area contributed by atoms with E-state index in [1.807, 2.05) is 6.07 Å². The summed E-state index contributed by atoms with van der Waals surface area (Å²) in [6.45, 7) is 5.42. The number of hydrogen-bond donors (Lipinski definition) is 1. The van der Waals surface area contributed by atoms with E-state index in [0.717, 1.165) is 0 Å². The van der Waals surface area contributed by atoms with Crippen molar-refractivity contribution in [1.82, 2.24) is 5.32 Å². The Kier molecular flexibility index (Phi) is 6.61. The van der Waals surface area contributed by atoms with E-state index >= 15 is 0 Å². The van der Waals surface area contributed by atoms with E-state index in [4.69, 9.17) is 13.9 Å². The van der Waals surface area contributed by atoms with Crippen molar-refractivity contribution in [3.05, 3.63) is 53.5 Å². The van der Waals surface area contributed by atoms with Crippen LogP contribution in [0.3, 0.4) is 0 Å². The maximum atomic E-state index is 12.2. The third-order valence-electron chi connectivity index (χ3n) is 3.68. The Balaban J connectivity index is 2.17. The Labute approximate surface area is 163 Å². The lowest BCUT2D eigenvalue weighted by molar-refractivity contribution is -0.143. The molecule has 2 aromatic rings. The van der Waals surface area contributed by atoms with Crippen molar-refractivity contribution < 1.29 is 23.5 Å². The van der Waals surface area contributed by atoms with Gasteiger partial charge in [-0.3, -0.25) is 9.59 Å². The summed E-state index contributed by atoms with van der Waals surface area (Å²) < 4.78 is 15.8. The molecule has 0 aliphatic carbocycles. The average molecular weight is 382 g/mol. The first-order valence-electron chi connectivity index (χ1n) is 8.57. The fraction of sp³-hybridized carbons (Fsp3) is 0.286. The molecule has 146 valence electrons. The van der Waals surface area contributed by atoms with Crippen molar-refractivity contribution in [2.24, 2.45) is 5.41 Å². The smallest absolute Gasteiger partial charge is 0.316 e. The Morgan fingerprint density at radius 1 is 1.25 bits per heavy atom. The minimum absolute atomic E-state index is 0.0759. The van der Waals surface area contributed by atoms with Crippen LogP contribution in [-0.2, 0) is 16.1 Å². The molecule has 1 amide bonds. The summed E-state index contributed by atoms with van der Waals surface area (Å²) >= 11 is 0. The van der Waals surface area contributed by atoms with Crippen molar-refractivity contribution in [1.29, 1.82) is 5.26 Å². The van der Waals surface area contributed by atoms with Gasteiger partial charge in [-0.1, -0.05) is 6.07 Å². The summed E-state index contributed by atoms with van der Waals surface area (Å²) in [5.74, 6) is 0.238. The third kappa shape index (κ3) is 5.48. The van der Waals surface area contributed by atoms with Gasteiger partial charge in [-0.15, -0.1) is 0 Å². The Morgan fingerprint density at radius 2 is 2.00 bits per heavy atom. The van der Waals surface area contributed by atoms with Gasteiger partial charge >= 0.3 is 5.97 Å². The summed E-state index contributed by atoms with van der Waals surface area (Å²) in [7, 11) is 1.44. The topological polar surface area (TPSA) is 102 Å². The molecule has 28 heavy (non-hydrogen) atoms. The second kappa shape index (κ2) is 8.91. The normalized spacial score (nSPS) is 11.5. The molecule has 0 saturated heterocycles. The molecule has 0 atom stereocenters. The fourth-order valence-electron chi connectivity index (χ4n) is 2.10. The van der Waals surface area contributed by atoms with Gasteiger partial charge in [0.05, 0.1) is 25.3 Å². The van der Waals surface area contributed by atoms with Crippen molar-refractivity contribution >= 4 is 18.0 Å². The van der Waals surface area contributed by atoms with Gasteiger partial charge in [0.2, 0.25) is 0 Å².